The van der Waals surface area contributed by atoms with Crippen LogP contribution in [-0.2, 0) is 0 Å². The Labute approximate surface area is 90.1 Å². The molecular weight excluding hydrogens is 190 g/mol. The Morgan fingerprint density at radius 1 is 1.40 bits per heavy atom. The van der Waals surface area contributed by atoms with Crippen molar-refractivity contribution < 1.29 is 9.84 Å². The smallest absolute Gasteiger partial charge is 0.118 e. The number of aliphatic hydroxyl groups is 1. The van der Waals surface area contributed by atoms with Gasteiger partial charge in [-0.25, -0.2) is 0 Å². The number of hydrogen-bond donors (Lipinski definition) is 2. The van der Waals surface area contributed by atoms with Crippen LogP contribution in [0, 0.1) is 0 Å². The Bertz CT molecular complexity index is 304. The highest BCUT2D eigenvalue weighted by molar-refractivity contribution is 5.29. The lowest BCUT2D eigenvalue weighted by molar-refractivity contribution is 0.137. The van der Waals surface area contributed by atoms with Crippen molar-refractivity contribution in [1.29, 1.82) is 0 Å². The fourth-order valence-corrected chi connectivity index (χ4v) is 2.01. The SMILES string of the molecule is COc1ccc(C(O)C2CCCN2)cc1. The van der Waals surface area contributed by atoms with E-state index in [0.717, 1.165) is 30.7 Å². The van der Waals surface area contributed by atoms with E-state index in [1.807, 2.05) is 24.3 Å². The van der Waals surface area contributed by atoms with E-state index in [2.05, 4.69) is 5.32 Å². The first-order valence-corrected chi connectivity index (χ1v) is 5.36. The number of methoxy groups -OCH3 is 1. The molecule has 1 aliphatic heterocycles. The Balaban J connectivity index is 2.07. The summed E-state index contributed by atoms with van der Waals surface area (Å²) in [5.41, 5.74) is 0.954. The first kappa shape index (κ1) is 10.5. The molecule has 2 N–H and O–H groups in total. The maximum absolute atomic E-state index is 10.1. The highest BCUT2D eigenvalue weighted by atomic mass is 16.5. The van der Waals surface area contributed by atoms with Gasteiger partial charge in [-0.05, 0) is 37.1 Å². The standard InChI is InChI=1S/C12H17NO2/c1-15-10-6-4-9(5-7-10)12(14)11-3-2-8-13-11/h4-7,11-14H,2-3,8H2,1H3. The highest BCUT2D eigenvalue weighted by Crippen LogP contribution is 2.24. The van der Waals surface area contributed by atoms with Crippen LogP contribution in [0.4, 0.5) is 0 Å². The van der Waals surface area contributed by atoms with Gasteiger partial charge in [0, 0.05) is 6.04 Å². The first-order valence-electron chi connectivity index (χ1n) is 5.36. The maximum atomic E-state index is 10.1. The molecule has 1 aromatic rings. The number of hydrogen-bond acceptors (Lipinski definition) is 3. The molecule has 1 heterocycles. The van der Waals surface area contributed by atoms with Gasteiger partial charge in [-0.3, -0.25) is 0 Å². The number of benzene rings is 1. The van der Waals surface area contributed by atoms with Crippen LogP contribution in [0.15, 0.2) is 24.3 Å². The van der Waals surface area contributed by atoms with Gasteiger partial charge in [-0.1, -0.05) is 12.1 Å². The van der Waals surface area contributed by atoms with Crippen LogP contribution in [-0.4, -0.2) is 24.8 Å². The summed E-state index contributed by atoms with van der Waals surface area (Å²) in [5.74, 6) is 0.824. The third kappa shape index (κ3) is 2.30. The third-order valence-corrected chi connectivity index (χ3v) is 2.94. The first-order chi connectivity index (χ1) is 7.31. The lowest BCUT2D eigenvalue weighted by Gasteiger charge is -2.18. The van der Waals surface area contributed by atoms with Gasteiger partial charge in [0.2, 0.25) is 0 Å². The summed E-state index contributed by atoms with van der Waals surface area (Å²) in [7, 11) is 1.64. The van der Waals surface area contributed by atoms with Crippen LogP contribution < -0.4 is 10.1 Å². The van der Waals surface area contributed by atoms with Crippen molar-refractivity contribution in [2.45, 2.75) is 25.0 Å². The molecular formula is C12H17NO2. The highest BCUT2D eigenvalue weighted by Gasteiger charge is 2.23. The number of nitrogens with one attached hydrogen (secondary N) is 1. The van der Waals surface area contributed by atoms with Gasteiger partial charge in [0.05, 0.1) is 13.2 Å². The Kier molecular flexibility index (Phi) is 3.23. The monoisotopic (exact) mass is 207 g/mol. The fourth-order valence-electron chi connectivity index (χ4n) is 2.01. The molecule has 0 amide bonds. The van der Waals surface area contributed by atoms with Crippen molar-refractivity contribution >= 4 is 0 Å². The molecule has 15 heavy (non-hydrogen) atoms. The lowest BCUT2D eigenvalue weighted by atomic mass is 10.0. The molecule has 1 aromatic carbocycles. The molecule has 0 aromatic heterocycles. The van der Waals surface area contributed by atoms with Crippen molar-refractivity contribution in [3.63, 3.8) is 0 Å². The molecule has 1 fully saturated rings. The molecule has 1 aliphatic rings. The fraction of sp³-hybridized carbons (Fsp3) is 0.500. The summed E-state index contributed by atoms with van der Waals surface area (Å²) in [4.78, 5) is 0. The topological polar surface area (TPSA) is 41.5 Å². The van der Waals surface area contributed by atoms with E-state index in [1.54, 1.807) is 7.11 Å². The van der Waals surface area contributed by atoms with Gasteiger partial charge >= 0.3 is 0 Å². The zero-order chi connectivity index (χ0) is 10.7. The lowest BCUT2D eigenvalue weighted by Crippen LogP contribution is -2.28. The molecule has 0 saturated carbocycles. The molecule has 0 bridgehead atoms. The summed E-state index contributed by atoms with van der Waals surface area (Å²) >= 11 is 0. The minimum Gasteiger partial charge on any atom is -0.497 e. The van der Waals surface area contributed by atoms with Gasteiger partial charge in [0.25, 0.3) is 0 Å². The zero-order valence-corrected chi connectivity index (χ0v) is 8.94. The predicted molar refractivity (Wildman–Crippen MR) is 59.0 cm³/mol. The van der Waals surface area contributed by atoms with Crippen molar-refractivity contribution in [1.82, 2.24) is 5.32 Å². The van der Waals surface area contributed by atoms with E-state index in [-0.39, 0.29) is 6.04 Å². The van der Waals surface area contributed by atoms with Crippen molar-refractivity contribution in [2.75, 3.05) is 13.7 Å². The van der Waals surface area contributed by atoms with Crippen LogP contribution >= 0.6 is 0 Å². The molecule has 3 nitrogen and oxygen atoms in total. The van der Waals surface area contributed by atoms with Crippen LogP contribution in [0.1, 0.15) is 24.5 Å². The maximum Gasteiger partial charge on any atom is 0.118 e. The number of rotatable bonds is 3. The molecule has 82 valence electrons. The van der Waals surface area contributed by atoms with E-state index in [9.17, 15) is 5.11 Å². The van der Waals surface area contributed by atoms with E-state index in [0.29, 0.717) is 0 Å². The molecule has 0 aliphatic carbocycles. The molecule has 0 spiro atoms. The van der Waals surface area contributed by atoms with Gasteiger partial charge in [-0.2, -0.15) is 0 Å². The van der Waals surface area contributed by atoms with Gasteiger partial charge in [0.15, 0.2) is 0 Å². The van der Waals surface area contributed by atoms with Crippen molar-refractivity contribution in [3.05, 3.63) is 29.8 Å². The normalized spacial score (nSPS) is 22.7. The number of ether oxygens (including phenoxy) is 1. The Hall–Kier alpha value is -1.06. The molecule has 0 radical (unpaired) electrons. The molecule has 2 rings (SSSR count). The van der Waals surface area contributed by atoms with Gasteiger partial charge in [-0.15, -0.1) is 0 Å². The third-order valence-electron chi connectivity index (χ3n) is 2.94. The second-order valence-corrected chi connectivity index (χ2v) is 3.92. The minimum atomic E-state index is -0.404. The molecule has 2 atom stereocenters. The summed E-state index contributed by atoms with van der Waals surface area (Å²) in [6, 6.07) is 7.81. The minimum absolute atomic E-state index is 0.207. The van der Waals surface area contributed by atoms with Crippen LogP contribution in [0.2, 0.25) is 0 Å². The van der Waals surface area contributed by atoms with Gasteiger partial charge in [0.1, 0.15) is 5.75 Å². The summed E-state index contributed by atoms with van der Waals surface area (Å²) in [6.07, 6.45) is 1.80. The Morgan fingerprint density at radius 3 is 2.67 bits per heavy atom. The van der Waals surface area contributed by atoms with Crippen LogP contribution in [0.25, 0.3) is 0 Å². The molecule has 2 unspecified atom stereocenters. The second-order valence-electron chi connectivity index (χ2n) is 3.92. The van der Waals surface area contributed by atoms with E-state index >= 15 is 0 Å². The molecule has 3 heteroatoms. The van der Waals surface area contributed by atoms with E-state index in [1.165, 1.54) is 0 Å². The van der Waals surface area contributed by atoms with Crippen molar-refractivity contribution in [3.8, 4) is 5.75 Å². The average molecular weight is 207 g/mol. The quantitative estimate of drug-likeness (QED) is 0.789. The predicted octanol–water partition coefficient (Wildman–Crippen LogP) is 1.48. The van der Waals surface area contributed by atoms with Gasteiger partial charge < -0.3 is 15.2 Å². The average Bonchev–Trinajstić information content (AvgIpc) is 2.82. The zero-order valence-electron chi connectivity index (χ0n) is 8.94. The van der Waals surface area contributed by atoms with Crippen LogP contribution in [0.3, 0.4) is 0 Å². The Morgan fingerprint density at radius 2 is 2.13 bits per heavy atom. The van der Waals surface area contributed by atoms with Crippen LogP contribution in [0.5, 0.6) is 5.75 Å². The van der Waals surface area contributed by atoms with E-state index < -0.39 is 6.10 Å². The van der Waals surface area contributed by atoms with Crippen molar-refractivity contribution in [2.24, 2.45) is 0 Å². The largest absolute Gasteiger partial charge is 0.497 e. The summed E-state index contributed by atoms with van der Waals surface area (Å²) < 4.78 is 5.08. The molecule has 1 saturated heterocycles. The second kappa shape index (κ2) is 4.64. The van der Waals surface area contributed by atoms with E-state index in [4.69, 9.17) is 4.74 Å². The number of aliphatic hydroxyl groups excluding tert-OH is 1. The summed E-state index contributed by atoms with van der Waals surface area (Å²) in [6.45, 7) is 1.01. The summed E-state index contributed by atoms with van der Waals surface area (Å²) in [5, 5.41) is 13.4.